The van der Waals surface area contributed by atoms with Gasteiger partial charge in [0, 0.05) is 17.3 Å². The van der Waals surface area contributed by atoms with Crippen LogP contribution in [0.4, 0.5) is 0 Å². The summed E-state index contributed by atoms with van der Waals surface area (Å²) in [5, 5.41) is 5.81. The average molecular weight is 306 g/mol. The van der Waals surface area contributed by atoms with E-state index in [1.165, 1.54) is 0 Å². The number of hydrogen-bond acceptors (Lipinski definition) is 3. The van der Waals surface area contributed by atoms with Crippen LogP contribution in [-0.4, -0.2) is 31.0 Å². The monoisotopic (exact) mass is 305 g/mol. The summed E-state index contributed by atoms with van der Waals surface area (Å²) in [6.45, 7) is 0.557. The van der Waals surface area contributed by atoms with Crippen LogP contribution >= 0.6 is 27.3 Å². The summed E-state index contributed by atoms with van der Waals surface area (Å²) < 4.78 is 5.06. The molecule has 0 aliphatic rings. The van der Waals surface area contributed by atoms with E-state index in [1.54, 1.807) is 18.4 Å². The van der Waals surface area contributed by atoms with Gasteiger partial charge in [0.05, 0.1) is 19.1 Å². The Hall–Kier alpha value is -0.390. The van der Waals surface area contributed by atoms with E-state index >= 15 is 0 Å². The highest BCUT2D eigenvalue weighted by atomic mass is 79.9. The highest BCUT2D eigenvalue weighted by Crippen LogP contribution is 2.09. The summed E-state index contributed by atoms with van der Waals surface area (Å²) in [5.74, 6) is 0.0606. The number of methoxy groups -OCH3 is 1. The summed E-state index contributed by atoms with van der Waals surface area (Å²) in [6.07, 6.45) is 1.34. The predicted octanol–water partition coefficient (Wildman–Crippen LogP) is 2.21. The number of ether oxygens (including phenoxy) is 1. The zero-order valence-corrected chi connectivity index (χ0v) is 11.6. The fraction of sp³-hybridized carbons (Fsp3) is 0.545. The first kappa shape index (κ1) is 13.7. The Morgan fingerprint density at radius 1 is 1.69 bits per heavy atom. The largest absolute Gasteiger partial charge is 0.383 e. The molecule has 16 heavy (non-hydrogen) atoms. The topological polar surface area (TPSA) is 38.3 Å². The third-order valence-electron chi connectivity index (χ3n) is 2.11. The molecule has 1 rings (SSSR count). The van der Waals surface area contributed by atoms with Crippen molar-refractivity contribution >= 4 is 33.2 Å². The first-order valence-electron chi connectivity index (χ1n) is 5.13. The molecule has 1 heterocycles. The quantitative estimate of drug-likeness (QED) is 0.784. The van der Waals surface area contributed by atoms with Crippen molar-refractivity contribution in [2.45, 2.75) is 18.9 Å². The van der Waals surface area contributed by atoms with Crippen molar-refractivity contribution in [2.24, 2.45) is 0 Å². The van der Waals surface area contributed by atoms with Crippen molar-refractivity contribution in [1.82, 2.24) is 5.32 Å². The van der Waals surface area contributed by atoms with E-state index < -0.39 is 0 Å². The molecule has 0 aliphatic heterocycles. The summed E-state index contributed by atoms with van der Waals surface area (Å²) in [4.78, 5) is 12.8. The van der Waals surface area contributed by atoms with E-state index in [9.17, 15) is 4.79 Å². The molecule has 5 heteroatoms. The minimum Gasteiger partial charge on any atom is -0.383 e. The molecule has 0 saturated heterocycles. The van der Waals surface area contributed by atoms with E-state index in [0.29, 0.717) is 13.0 Å². The summed E-state index contributed by atoms with van der Waals surface area (Å²) in [5.41, 5.74) is 0. The second-order valence-electron chi connectivity index (χ2n) is 3.45. The molecule has 0 fully saturated rings. The van der Waals surface area contributed by atoms with Gasteiger partial charge in [0.15, 0.2) is 0 Å². The molecule has 90 valence electrons. The molecule has 1 unspecified atom stereocenters. The highest BCUT2D eigenvalue weighted by Gasteiger charge is 2.12. The van der Waals surface area contributed by atoms with E-state index in [4.69, 9.17) is 4.74 Å². The van der Waals surface area contributed by atoms with Crippen LogP contribution in [0.1, 0.15) is 11.3 Å². The lowest BCUT2D eigenvalue weighted by Gasteiger charge is -2.16. The smallest absolute Gasteiger partial charge is 0.225 e. The minimum atomic E-state index is 0.0606. The maximum Gasteiger partial charge on any atom is 0.225 e. The highest BCUT2D eigenvalue weighted by molar-refractivity contribution is 9.09. The number of rotatable bonds is 7. The Balaban J connectivity index is 2.35. The summed E-state index contributed by atoms with van der Waals surface area (Å²) in [7, 11) is 1.65. The van der Waals surface area contributed by atoms with Crippen LogP contribution in [0.25, 0.3) is 0 Å². The van der Waals surface area contributed by atoms with Gasteiger partial charge in [0.2, 0.25) is 5.91 Å². The molecule has 0 radical (unpaired) electrons. The second-order valence-corrected chi connectivity index (χ2v) is 5.28. The van der Waals surface area contributed by atoms with Crippen LogP contribution in [0.5, 0.6) is 0 Å². The van der Waals surface area contributed by atoms with Crippen LogP contribution in [0, 0.1) is 0 Å². The SMILES string of the molecule is COCC(CCBr)NC(=O)Cc1cccs1. The van der Waals surface area contributed by atoms with E-state index in [2.05, 4.69) is 21.2 Å². The number of carbonyl (C=O) groups excluding carboxylic acids is 1. The van der Waals surface area contributed by atoms with Crippen LogP contribution in [0.3, 0.4) is 0 Å². The lowest BCUT2D eigenvalue weighted by Crippen LogP contribution is -2.39. The molecule has 1 amide bonds. The zero-order chi connectivity index (χ0) is 11.8. The van der Waals surface area contributed by atoms with Gasteiger partial charge in [-0.25, -0.2) is 0 Å². The first-order valence-corrected chi connectivity index (χ1v) is 7.13. The van der Waals surface area contributed by atoms with E-state index in [-0.39, 0.29) is 11.9 Å². The standard InChI is InChI=1S/C11H16BrNO2S/c1-15-8-9(4-5-12)13-11(14)7-10-3-2-6-16-10/h2-3,6,9H,4-5,7-8H2,1H3,(H,13,14). The molecular formula is C11H16BrNO2S. The van der Waals surface area contributed by atoms with Crippen molar-refractivity contribution in [1.29, 1.82) is 0 Å². The number of alkyl halides is 1. The van der Waals surface area contributed by atoms with Crippen LogP contribution in [-0.2, 0) is 16.0 Å². The van der Waals surface area contributed by atoms with E-state index in [1.807, 2.05) is 17.5 Å². The third kappa shape index (κ3) is 5.09. The predicted molar refractivity (Wildman–Crippen MR) is 70.2 cm³/mol. The normalized spacial score (nSPS) is 12.4. The fourth-order valence-electron chi connectivity index (χ4n) is 1.38. The number of hydrogen-bond donors (Lipinski definition) is 1. The summed E-state index contributed by atoms with van der Waals surface area (Å²) >= 11 is 4.97. The van der Waals surface area contributed by atoms with Crippen molar-refractivity contribution in [2.75, 3.05) is 19.0 Å². The lowest BCUT2D eigenvalue weighted by molar-refractivity contribution is -0.121. The maximum atomic E-state index is 11.7. The number of amides is 1. The van der Waals surface area contributed by atoms with Gasteiger partial charge in [-0.1, -0.05) is 22.0 Å². The molecule has 0 aliphatic carbocycles. The number of nitrogens with one attached hydrogen (secondary N) is 1. The Morgan fingerprint density at radius 2 is 2.50 bits per heavy atom. The average Bonchev–Trinajstić information content (AvgIpc) is 2.71. The molecule has 0 aromatic carbocycles. The van der Waals surface area contributed by atoms with Crippen molar-refractivity contribution in [3.05, 3.63) is 22.4 Å². The van der Waals surface area contributed by atoms with E-state index in [0.717, 1.165) is 16.6 Å². The zero-order valence-electron chi connectivity index (χ0n) is 9.24. The number of halogens is 1. The first-order chi connectivity index (χ1) is 7.76. The Bertz CT molecular complexity index is 297. The minimum absolute atomic E-state index is 0.0606. The molecular weight excluding hydrogens is 290 g/mol. The van der Waals surface area contributed by atoms with Gasteiger partial charge in [-0.3, -0.25) is 4.79 Å². The molecule has 1 aromatic heterocycles. The van der Waals surface area contributed by atoms with Crippen LogP contribution < -0.4 is 5.32 Å². The van der Waals surface area contributed by atoms with Gasteiger partial charge in [-0.2, -0.15) is 0 Å². The molecule has 0 spiro atoms. The number of carbonyl (C=O) groups is 1. The second kappa shape index (κ2) is 7.81. The Morgan fingerprint density at radius 3 is 3.06 bits per heavy atom. The molecule has 0 saturated carbocycles. The van der Waals surface area contributed by atoms with Crippen LogP contribution in [0.2, 0.25) is 0 Å². The van der Waals surface area contributed by atoms with Crippen LogP contribution in [0.15, 0.2) is 17.5 Å². The Labute approximate surface area is 108 Å². The van der Waals surface area contributed by atoms with Gasteiger partial charge in [-0.05, 0) is 17.9 Å². The van der Waals surface area contributed by atoms with Gasteiger partial charge in [0.1, 0.15) is 0 Å². The number of thiophene rings is 1. The van der Waals surface area contributed by atoms with Crippen molar-refractivity contribution in [3.8, 4) is 0 Å². The molecule has 1 aromatic rings. The van der Waals surface area contributed by atoms with Gasteiger partial charge in [0.25, 0.3) is 0 Å². The van der Waals surface area contributed by atoms with Gasteiger partial charge in [-0.15, -0.1) is 11.3 Å². The maximum absolute atomic E-state index is 11.7. The van der Waals surface area contributed by atoms with Crippen molar-refractivity contribution < 1.29 is 9.53 Å². The molecule has 1 N–H and O–H groups in total. The third-order valence-corrected chi connectivity index (χ3v) is 3.44. The lowest BCUT2D eigenvalue weighted by atomic mass is 10.2. The molecule has 0 bridgehead atoms. The van der Waals surface area contributed by atoms with Gasteiger partial charge < -0.3 is 10.1 Å². The van der Waals surface area contributed by atoms with Gasteiger partial charge >= 0.3 is 0 Å². The molecule has 1 atom stereocenters. The Kier molecular flexibility index (Phi) is 6.68. The van der Waals surface area contributed by atoms with Crippen molar-refractivity contribution in [3.63, 3.8) is 0 Å². The summed E-state index contributed by atoms with van der Waals surface area (Å²) in [6, 6.07) is 4.02. The fourth-order valence-corrected chi connectivity index (χ4v) is 2.64. The molecule has 3 nitrogen and oxygen atoms in total.